The zero-order chi connectivity index (χ0) is 40.3. The maximum absolute atomic E-state index is 6.95. The molecule has 2 heterocycles. The number of benzene rings is 10. The monoisotopic (exact) mass is 778 g/mol. The summed E-state index contributed by atoms with van der Waals surface area (Å²) in [4.78, 5) is 2.35. The van der Waals surface area contributed by atoms with Gasteiger partial charge in [0.25, 0.3) is 0 Å². The van der Waals surface area contributed by atoms with Gasteiger partial charge < -0.3 is 13.9 Å². The molecule has 10 aromatic carbocycles. The highest BCUT2D eigenvalue weighted by molar-refractivity contribution is 6.26. The Balaban J connectivity index is 1.09. The van der Waals surface area contributed by atoms with Crippen molar-refractivity contribution >= 4 is 71.6 Å². The van der Waals surface area contributed by atoms with Gasteiger partial charge in [-0.1, -0.05) is 164 Å². The summed E-state index contributed by atoms with van der Waals surface area (Å²) in [5.74, 6) is 0. The zero-order valence-corrected chi connectivity index (χ0v) is 33.2. The molecule has 12 rings (SSSR count). The van der Waals surface area contributed by atoms with Crippen molar-refractivity contribution in [3.8, 4) is 39.1 Å². The van der Waals surface area contributed by atoms with Gasteiger partial charge in [0.1, 0.15) is 11.2 Å². The first-order valence-corrected chi connectivity index (χ1v) is 20.8. The average molecular weight is 779 g/mol. The van der Waals surface area contributed by atoms with E-state index in [0.717, 1.165) is 66.9 Å². The molecule has 61 heavy (non-hydrogen) atoms. The molecule has 286 valence electrons. The molecule has 0 unspecified atom stereocenters. The quantitative estimate of drug-likeness (QED) is 0.161. The molecule has 3 nitrogen and oxygen atoms in total. The molecule has 0 fully saturated rings. The molecule has 0 spiro atoms. The Morgan fingerprint density at radius 3 is 1.64 bits per heavy atom. The number of anilines is 3. The lowest BCUT2D eigenvalue weighted by molar-refractivity contribution is 0.669. The number of hydrogen-bond donors (Lipinski definition) is 0. The van der Waals surface area contributed by atoms with Gasteiger partial charge >= 0.3 is 0 Å². The van der Waals surface area contributed by atoms with Crippen molar-refractivity contribution in [3.63, 3.8) is 0 Å². The second-order valence-corrected chi connectivity index (χ2v) is 15.7. The number of rotatable bonds is 7. The van der Waals surface area contributed by atoms with E-state index in [9.17, 15) is 0 Å². The summed E-state index contributed by atoms with van der Waals surface area (Å²) in [7, 11) is 0. The number of hydrogen-bond acceptors (Lipinski definition) is 2. The normalized spacial score (nSPS) is 11.6. The van der Waals surface area contributed by atoms with Gasteiger partial charge in [0.05, 0.1) is 16.7 Å². The third kappa shape index (κ3) is 5.82. The van der Waals surface area contributed by atoms with Crippen molar-refractivity contribution in [1.29, 1.82) is 0 Å². The Bertz CT molecular complexity index is 3550. The van der Waals surface area contributed by atoms with E-state index in [1.807, 2.05) is 0 Å². The average Bonchev–Trinajstić information content (AvgIpc) is 3.89. The summed E-state index contributed by atoms with van der Waals surface area (Å²) in [6.45, 7) is 0. The molecule has 2 aromatic heterocycles. The lowest BCUT2D eigenvalue weighted by atomic mass is 9.93. The van der Waals surface area contributed by atoms with Crippen LogP contribution in [0, 0.1) is 0 Å². The van der Waals surface area contributed by atoms with Crippen LogP contribution < -0.4 is 4.90 Å². The van der Waals surface area contributed by atoms with Crippen molar-refractivity contribution in [1.82, 2.24) is 4.57 Å². The minimum Gasteiger partial charge on any atom is -0.456 e. The summed E-state index contributed by atoms with van der Waals surface area (Å²) in [5, 5.41) is 7.03. The van der Waals surface area contributed by atoms with Crippen LogP contribution in [0.25, 0.3) is 93.6 Å². The third-order valence-electron chi connectivity index (χ3n) is 12.2. The predicted octanol–water partition coefficient (Wildman–Crippen LogP) is 16.3. The van der Waals surface area contributed by atoms with Crippen molar-refractivity contribution in [2.24, 2.45) is 0 Å². The molecular formula is C58H38N2O. The number of nitrogens with zero attached hydrogens (tertiary/aromatic N) is 2. The predicted molar refractivity (Wildman–Crippen MR) is 257 cm³/mol. The second kappa shape index (κ2) is 14.3. The molecular weight excluding hydrogens is 741 g/mol. The first kappa shape index (κ1) is 34.9. The second-order valence-electron chi connectivity index (χ2n) is 15.7. The number of fused-ring (bicyclic) bond motifs is 8. The molecule has 3 heteroatoms. The van der Waals surface area contributed by atoms with Crippen LogP contribution in [0.5, 0.6) is 0 Å². The van der Waals surface area contributed by atoms with E-state index >= 15 is 0 Å². The van der Waals surface area contributed by atoms with Gasteiger partial charge in [-0.2, -0.15) is 0 Å². The van der Waals surface area contributed by atoms with Crippen LogP contribution >= 0.6 is 0 Å². The van der Waals surface area contributed by atoms with Crippen molar-refractivity contribution in [2.75, 3.05) is 4.90 Å². The first-order valence-electron chi connectivity index (χ1n) is 20.8. The number of furan rings is 1. The van der Waals surface area contributed by atoms with Crippen molar-refractivity contribution in [2.45, 2.75) is 0 Å². The van der Waals surface area contributed by atoms with E-state index in [-0.39, 0.29) is 0 Å². The first-order chi connectivity index (χ1) is 30.3. The highest BCUT2D eigenvalue weighted by atomic mass is 16.3. The molecule has 0 radical (unpaired) electrons. The summed E-state index contributed by atoms with van der Waals surface area (Å²) < 4.78 is 9.34. The molecule has 0 bridgehead atoms. The largest absolute Gasteiger partial charge is 0.456 e. The lowest BCUT2D eigenvalue weighted by Gasteiger charge is -2.26. The Kier molecular flexibility index (Phi) is 8.17. The van der Waals surface area contributed by atoms with E-state index in [2.05, 4.69) is 240 Å². The molecule has 0 atom stereocenters. The zero-order valence-electron chi connectivity index (χ0n) is 33.2. The minimum absolute atomic E-state index is 0.846. The molecule has 0 amide bonds. The van der Waals surface area contributed by atoms with Crippen LogP contribution in [-0.4, -0.2) is 4.57 Å². The van der Waals surface area contributed by atoms with Gasteiger partial charge in [-0.15, -0.1) is 0 Å². The smallest absolute Gasteiger partial charge is 0.138 e. The Labute approximate surface area is 353 Å². The van der Waals surface area contributed by atoms with Crippen LogP contribution in [-0.2, 0) is 0 Å². The minimum atomic E-state index is 0.846. The van der Waals surface area contributed by atoms with Crippen LogP contribution in [0.15, 0.2) is 235 Å². The fourth-order valence-electron chi connectivity index (χ4n) is 9.41. The molecule has 0 saturated carbocycles. The Morgan fingerprint density at radius 2 is 0.902 bits per heavy atom. The topological polar surface area (TPSA) is 21.3 Å². The van der Waals surface area contributed by atoms with Gasteiger partial charge in [0, 0.05) is 44.7 Å². The number of para-hydroxylation sites is 3. The summed E-state index contributed by atoms with van der Waals surface area (Å²) in [6, 6.07) is 82.7. The SMILES string of the molecule is c1ccc(-c2ccc(-c3ccc(N(c4ccccc4)c4cc(-c5cccc6c5c5ccccc5n6-c5ccccc5)c5c(c4)oc4ccc6ccccc6c45)cc3)cc2)cc1. The van der Waals surface area contributed by atoms with Gasteiger partial charge in [-0.05, 0) is 105 Å². The van der Waals surface area contributed by atoms with E-state index in [1.165, 1.54) is 43.8 Å². The van der Waals surface area contributed by atoms with Gasteiger partial charge in [-0.25, -0.2) is 0 Å². The maximum Gasteiger partial charge on any atom is 0.138 e. The van der Waals surface area contributed by atoms with Crippen LogP contribution in [0.4, 0.5) is 17.1 Å². The standard InChI is InChI=1S/C58H38N2O/c1-4-15-39(16-5-1)40-27-29-41(30-28-40)42-31-34-46(35-32-42)59(44-18-6-2-7-19-44)47-37-51(58-55(38-47)61-54-36-33-43-17-10-11-22-48(43)57(54)58)49-24-14-26-53-56(49)50-23-12-13-25-52(50)60(53)45-20-8-3-9-21-45/h1-38H. The molecule has 0 N–H and O–H groups in total. The summed E-state index contributed by atoms with van der Waals surface area (Å²) >= 11 is 0. The molecule has 0 aliphatic carbocycles. The Morgan fingerprint density at radius 1 is 0.328 bits per heavy atom. The van der Waals surface area contributed by atoms with E-state index in [4.69, 9.17) is 4.42 Å². The highest BCUT2D eigenvalue weighted by Crippen LogP contribution is 2.48. The molecule has 0 aliphatic rings. The molecule has 0 saturated heterocycles. The summed E-state index contributed by atoms with van der Waals surface area (Å²) in [6.07, 6.45) is 0. The highest BCUT2D eigenvalue weighted by Gasteiger charge is 2.24. The fraction of sp³-hybridized carbons (Fsp3) is 0. The van der Waals surface area contributed by atoms with Crippen molar-refractivity contribution in [3.05, 3.63) is 231 Å². The maximum atomic E-state index is 6.95. The van der Waals surface area contributed by atoms with Gasteiger partial charge in [0.2, 0.25) is 0 Å². The van der Waals surface area contributed by atoms with E-state index in [1.54, 1.807) is 0 Å². The van der Waals surface area contributed by atoms with Crippen LogP contribution in [0.3, 0.4) is 0 Å². The van der Waals surface area contributed by atoms with Crippen LogP contribution in [0.1, 0.15) is 0 Å². The molecule has 0 aliphatic heterocycles. The van der Waals surface area contributed by atoms with Gasteiger partial charge in [-0.3, -0.25) is 0 Å². The fourth-order valence-corrected chi connectivity index (χ4v) is 9.41. The summed E-state index contributed by atoms with van der Waals surface area (Å²) in [5.41, 5.74) is 15.4. The van der Waals surface area contributed by atoms with Crippen LogP contribution in [0.2, 0.25) is 0 Å². The van der Waals surface area contributed by atoms with Crippen molar-refractivity contribution < 1.29 is 4.42 Å². The van der Waals surface area contributed by atoms with E-state index in [0.29, 0.717) is 0 Å². The Hall–Kier alpha value is -8.14. The molecule has 12 aromatic rings. The van der Waals surface area contributed by atoms with Gasteiger partial charge in [0.15, 0.2) is 0 Å². The lowest BCUT2D eigenvalue weighted by Crippen LogP contribution is -2.10. The van der Waals surface area contributed by atoms with E-state index < -0.39 is 0 Å². The third-order valence-corrected chi connectivity index (χ3v) is 12.2. The number of aromatic nitrogens is 1.